The van der Waals surface area contributed by atoms with E-state index < -0.39 is 10.0 Å². The van der Waals surface area contributed by atoms with Crippen LogP contribution in [0.2, 0.25) is 10.0 Å². The smallest absolute Gasteiger partial charge is 0.261 e. The van der Waals surface area contributed by atoms with Crippen LogP contribution in [0.4, 0.5) is 5.69 Å². The monoisotopic (exact) mass is 411 g/mol. The van der Waals surface area contributed by atoms with Crippen molar-refractivity contribution in [2.45, 2.75) is 11.8 Å². The molecule has 9 heteroatoms. The van der Waals surface area contributed by atoms with Gasteiger partial charge in [-0.15, -0.1) is 0 Å². The first-order chi connectivity index (χ1) is 12.3. The van der Waals surface area contributed by atoms with Crippen molar-refractivity contribution in [1.82, 2.24) is 9.55 Å². The minimum Gasteiger partial charge on any atom is -0.494 e. The van der Waals surface area contributed by atoms with Crippen molar-refractivity contribution < 1.29 is 13.2 Å². The lowest BCUT2D eigenvalue weighted by Crippen LogP contribution is -2.13. The molecule has 1 heterocycles. The molecule has 0 radical (unpaired) electrons. The molecule has 0 unspecified atom stereocenters. The average molecular weight is 412 g/mol. The zero-order valence-electron chi connectivity index (χ0n) is 13.9. The van der Waals surface area contributed by atoms with Crippen LogP contribution in [0.5, 0.6) is 5.75 Å². The van der Waals surface area contributed by atoms with Crippen molar-refractivity contribution in [3.05, 3.63) is 64.7 Å². The van der Waals surface area contributed by atoms with E-state index in [1.54, 1.807) is 29.1 Å². The summed E-state index contributed by atoms with van der Waals surface area (Å²) in [6, 6.07) is 9.10. The number of hydrogen-bond acceptors (Lipinski definition) is 4. The van der Waals surface area contributed by atoms with Gasteiger partial charge in [0.25, 0.3) is 10.0 Å². The Labute approximate surface area is 161 Å². The van der Waals surface area contributed by atoms with Crippen molar-refractivity contribution in [3.8, 4) is 11.4 Å². The molecule has 0 saturated heterocycles. The minimum atomic E-state index is -3.82. The van der Waals surface area contributed by atoms with Crippen LogP contribution in [-0.2, 0) is 10.0 Å². The van der Waals surface area contributed by atoms with Crippen LogP contribution in [0.1, 0.15) is 5.69 Å². The number of sulfonamides is 1. The minimum absolute atomic E-state index is 0.0141. The van der Waals surface area contributed by atoms with E-state index in [-0.39, 0.29) is 14.9 Å². The molecule has 0 fully saturated rings. The van der Waals surface area contributed by atoms with E-state index in [4.69, 9.17) is 27.9 Å². The first kappa shape index (κ1) is 18.6. The zero-order chi connectivity index (χ0) is 18.9. The van der Waals surface area contributed by atoms with E-state index in [1.165, 1.54) is 25.3 Å². The quantitative estimate of drug-likeness (QED) is 0.678. The summed E-state index contributed by atoms with van der Waals surface area (Å²) in [6.45, 7) is 1.88. The Bertz CT molecular complexity index is 1060. The van der Waals surface area contributed by atoms with Crippen LogP contribution in [0, 0.1) is 6.92 Å². The highest BCUT2D eigenvalue weighted by Gasteiger charge is 2.17. The number of imidazole rings is 1. The van der Waals surface area contributed by atoms with Gasteiger partial charge in [0.05, 0.1) is 45.4 Å². The molecule has 0 aliphatic rings. The topological polar surface area (TPSA) is 73.2 Å². The highest BCUT2D eigenvalue weighted by molar-refractivity contribution is 7.92. The summed E-state index contributed by atoms with van der Waals surface area (Å²) >= 11 is 11.7. The number of aryl methyl sites for hydroxylation is 1. The van der Waals surface area contributed by atoms with Gasteiger partial charge in [-0.3, -0.25) is 4.72 Å². The maximum absolute atomic E-state index is 12.6. The number of nitrogens with one attached hydrogen (secondary N) is 1. The largest absolute Gasteiger partial charge is 0.494 e. The lowest BCUT2D eigenvalue weighted by Gasteiger charge is -2.13. The van der Waals surface area contributed by atoms with Gasteiger partial charge in [-0.05, 0) is 37.3 Å². The summed E-state index contributed by atoms with van der Waals surface area (Å²) in [6.07, 6.45) is 3.50. The molecule has 3 rings (SSSR count). The molecule has 0 spiro atoms. The molecular formula is C17H15Cl2N3O3S. The van der Waals surface area contributed by atoms with Gasteiger partial charge in [-0.25, -0.2) is 13.4 Å². The predicted molar refractivity (Wildman–Crippen MR) is 102 cm³/mol. The SMILES string of the molecule is COc1cc(NS(=O)(=O)c2ccc(Cl)c(Cl)c2)ccc1-n1cnc(C)c1. The van der Waals surface area contributed by atoms with Crippen molar-refractivity contribution >= 4 is 38.9 Å². The second-order valence-corrected chi connectivity index (χ2v) is 7.99. The number of hydrogen-bond donors (Lipinski definition) is 1. The standard InChI is InChI=1S/C17H15Cl2N3O3S/c1-11-9-22(10-20-11)16-6-3-12(7-17(16)25-2)21-26(23,24)13-4-5-14(18)15(19)8-13/h3-10,21H,1-2H3. The Morgan fingerprint density at radius 3 is 2.50 bits per heavy atom. The van der Waals surface area contributed by atoms with E-state index in [0.29, 0.717) is 11.4 Å². The lowest BCUT2D eigenvalue weighted by atomic mass is 10.2. The van der Waals surface area contributed by atoms with Gasteiger partial charge in [0, 0.05) is 12.3 Å². The van der Waals surface area contributed by atoms with E-state index in [2.05, 4.69) is 9.71 Å². The van der Waals surface area contributed by atoms with Gasteiger partial charge in [0.15, 0.2) is 0 Å². The zero-order valence-corrected chi connectivity index (χ0v) is 16.2. The van der Waals surface area contributed by atoms with E-state index in [0.717, 1.165) is 11.4 Å². The summed E-state index contributed by atoms with van der Waals surface area (Å²) < 4.78 is 34.8. The van der Waals surface area contributed by atoms with Crippen molar-refractivity contribution in [2.75, 3.05) is 11.8 Å². The lowest BCUT2D eigenvalue weighted by molar-refractivity contribution is 0.413. The fourth-order valence-electron chi connectivity index (χ4n) is 2.37. The van der Waals surface area contributed by atoms with Crippen LogP contribution in [0.3, 0.4) is 0 Å². The molecule has 1 aromatic heterocycles. The van der Waals surface area contributed by atoms with Crippen molar-refractivity contribution in [3.63, 3.8) is 0 Å². The molecule has 6 nitrogen and oxygen atoms in total. The van der Waals surface area contributed by atoms with Gasteiger partial charge in [0.2, 0.25) is 0 Å². The van der Waals surface area contributed by atoms with Crippen LogP contribution in [-0.4, -0.2) is 25.1 Å². The number of anilines is 1. The van der Waals surface area contributed by atoms with Crippen LogP contribution < -0.4 is 9.46 Å². The first-order valence-corrected chi connectivity index (χ1v) is 9.71. The fourth-order valence-corrected chi connectivity index (χ4v) is 3.80. The summed E-state index contributed by atoms with van der Waals surface area (Å²) in [7, 11) is -2.30. The van der Waals surface area contributed by atoms with Crippen molar-refractivity contribution in [1.29, 1.82) is 0 Å². The molecule has 0 saturated carbocycles. The average Bonchev–Trinajstić information content (AvgIpc) is 3.03. The molecule has 0 aliphatic heterocycles. The Hall–Kier alpha value is -2.22. The van der Waals surface area contributed by atoms with Gasteiger partial charge >= 0.3 is 0 Å². The number of nitrogens with zero attached hydrogens (tertiary/aromatic N) is 2. The number of rotatable bonds is 5. The van der Waals surface area contributed by atoms with Gasteiger partial charge in [-0.1, -0.05) is 23.2 Å². The van der Waals surface area contributed by atoms with Crippen LogP contribution in [0.25, 0.3) is 5.69 Å². The molecule has 0 atom stereocenters. The molecular weight excluding hydrogens is 397 g/mol. The number of benzene rings is 2. The first-order valence-electron chi connectivity index (χ1n) is 7.47. The number of methoxy groups -OCH3 is 1. The second-order valence-electron chi connectivity index (χ2n) is 5.49. The number of ether oxygens (including phenoxy) is 1. The van der Waals surface area contributed by atoms with Crippen molar-refractivity contribution in [2.24, 2.45) is 0 Å². The number of halogens is 2. The Balaban J connectivity index is 1.93. The maximum atomic E-state index is 12.6. The molecule has 3 aromatic rings. The number of aromatic nitrogens is 2. The van der Waals surface area contributed by atoms with E-state index >= 15 is 0 Å². The molecule has 2 aromatic carbocycles. The van der Waals surface area contributed by atoms with Gasteiger partial charge in [0.1, 0.15) is 5.75 Å². The van der Waals surface area contributed by atoms with Gasteiger partial charge in [-0.2, -0.15) is 0 Å². The Kier molecular flexibility index (Phi) is 5.13. The fraction of sp³-hybridized carbons (Fsp3) is 0.118. The summed E-state index contributed by atoms with van der Waals surface area (Å²) in [5.41, 5.74) is 1.95. The summed E-state index contributed by atoms with van der Waals surface area (Å²) in [5, 5.41) is 0.449. The third-order valence-electron chi connectivity index (χ3n) is 3.62. The van der Waals surface area contributed by atoms with Crippen LogP contribution >= 0.6 is 23.2 Å². The molecule has 1 N–H and O–H groups in total. The normalized spacial score (nSPS) is 11.4. The molecule has 26 heavy (non-hydrogen) atoms. The Morgan fingerprint density at radius 2 is 1.88 bits per heavy atom. The molecule has 136 valence electrons. The molecule has 0 bridgehead atoms. The second kappa shape index (κ2) is 7.19. The molecule has 0 aliphatic carbocycles. The Morgan fingerprint density at radius 1 is 1.12 bits per heavy atom. The predicted octanol–water partition coefficient (Wildman–Crippen LogP) is 4.30. The summed E-state index contributed by atoms with van der Waals surface area (Å²) in [4.78, 5) is 4.19. The van der Waals surface area contributed by atoms with E-state index in [1.807, 2.05) is 13.1 Å². The summed E-state index contributed by atoms with van der Waals surface area (Å²) in [5.74, 6) is 0.497. The maximum Gasteiger partial charge on any atom is 0.261 e. The molecule has 0 amide bonds. The highest BCUT2D eigenvalue weighted by Crippen LogP contribution is 2.29. The third kappa shape index (κ3) is 3.80. The van der Waals surface area contributed by atoms with Crippen LogP contribution in [0.15, 0.2) is 53.8 Å². The van der Waals surface area contributed by atoms with E-state index in [9.17, 15) is 8.42 Å². The van der Waals surface area contributed by atoms with Gasteiger partial charge < -0.3 is 9.30 Å². The third-order valence-corrected chi connectivity index (χ3v) is 5.74. The highest BCUT2D eigenvalue weighted by atomic mass is 35.5.